The first-order valence-electron chi connectivity index (χ1n) is 14.0. The fraction of sp³-hybridized carbons (Fsp3) is 0.900. The van der Waals surface area contributed by atoms with Gasteiger partial charge in [0.05, 0.1) is 0 Å². The van der Waals surface area contributed by atoms with E-state index in [4.69, 9.17) is 0 Å². The minimum Gasteiger partial charge on any atom is -0.335 e. The summed E-state index contributed by atoms with van der Waals surface area (Å²) in [6.07, 6.45) is 14.9. The Bertz CT molecular complexity index is 699. The molecular weight excluding hydrogens is 390 g/mol. The lowest BCUT2D eigenvalue weighted by Crippen LogP contribution is -2.64. The van der Waals surface area contributed by atoms with E-state index in [2.05, 4.69) is 53.0 Å². The van der Waals surface area contributed by atoms with Crippen molar-refractivity contribution in [3.8, 4) is 0 Å². The molecule has 2 heteroatoms. The van der Waals surface area contributed by atoms with Crippen molar-refractivity contribution in [3.63, 3.8) is 0 Å². The van der Waals surface area contributed by atoms with Gasteiger partial charge in [0.25, 0.3) is 0 Å². The van der Waals surface area contributed by atoms with Crippen LogP contribution in [0.2, 0.25) is 0 Å². The highest BCUT2D eigenvalue weighted by Crippen LogP contribution is 2.68. The van der Waals surface area contributed by atoms with Crippen molar-refractivity contribution >= 4 is 5.91 Å². The van der Waals surface area contributed by atoms with Crippen molar-refractivity contribution in [2.24, 2.45) is 52.3 Å². The van der Waals surface area contributed by atoms with Gasteiger partial charge in [0, 0.05) is 19.0 Å². The molecule has 6 unspecified atom stereocenters. The fourth-order valence-electron chi connectivity index (χ4n) is 9.70. The SMILES string of the molecule is C=CCN1C(=O)CC[C@]2(C)C3CC[C@]4(C)C(C(C)CCCC(C)C)CCC4C3[C@@H](C)CC12. The molecular formula is C30H51NO. The minimum atomic E-state index is 0.302. The topological polar surface area (TPSA) is 20.3 Å². The zero-order valence-corrected chi connectivity index (χ0v) is 22.0. The molecule has 2 nitrogen and oxygen atoms in total. The molecule has 0 aromatic carbocycles. The first-order valence-corrected chi connectivity index (χ1v) is 14.0. The van der Waals surface area contributed by atoms with Crippen LogP contribution in [0.3, 0.4) is 0 Å². The molecule has 0 aromatic heterocycles. The Kier molecular flexibility index (Phi) is 6.92. The van der Waals surface area contributed by atoms with Gasteiger partial charge in [-0.15, -0.1) is 6.58 Å². The molecule has 0 bridgehead atoms. The van der Waals surface area contributed by atoms with Crippen molar-refractivity contribution < 1.29 is 4.79 Å². The predicted octanol–water partition coefficient (Wildman–Crippen LogP) is 7.73. The number of carbonyl (C=O) groups is 1. The molecule has 1 heterocycles. The van der Waals surface area contributed by atoms with Gasteiger partial charge in [-0.1, -0.05) is 66.9 Å². The highest BCUT2D eigenvalue weighted by molar-refractivity contribution is 5.78. The first-order chi connectivity index (χ1) is 15.1. The minimum absolute atomic E-state index is 0.302. The van der Waals surface area contributed by atoms with Gasteiger partial charge in [-0.25, -0.2) is 0 Å². The molecule has 9 atom stereocenters. The quantitative estimate of drug-likeness (QED) is 0.370. The van der Waals surface area contributed by atoms with E-state index >= 15 is 0 Å². The summed E-state index contributed by atoms with van der Waals surface area (Å²) in [4.78, 5) is 15.0. The van der Waals surface area contributed by atoms with Crippen molar-refractivity contribution in [2.75, 3.05) is 6.54 Å². The smallest absolute Gasteiger partial charge is 0.223 e. The summed E-state index contributed by atoms with van der Waals surface area (Å²) < 4.78 is 0. The second-order valence-corrected chi connectivity index (χ2v) is 13.4. The van der Waals surface area contributed by atoms with Crippen LogP contribution >= 0.6 is 0 Å². The molecule has 4 fully saturated rings. The summed E-state index contributed by atoms with van der Waals surface area (Å²) in [5.74, 6) is 6.29. The van der Waals surface area contributed by atoms with Gasteiger partial charge in [0.2, 0.25) is 5.91 Å². The number of nitrogens with zero attached hydrogens (tertiary/aromatic N) is 1. The molecule has 3 saturated carbocycles. The van der Waals surface area contributed by atoms with Crippen LogP contribution in [-0.4, -0.2) is 23.4 Å². The lowest BCUT2D eigenvalue weighted by Gasteiger charge is -2.64. The van der Waals surface area contributed by atoms with Gasteiger partial charge in [0.15, 0.2) is 0 Å². The Labute approximate surface area is 199 Å². The molecule has 4 aliphatic rings. The Hall–Kier alpha value is -0.790. The van der Waals surface area contributed by atoms with Gasteiger partial charge >= 0.3 is 0 Å². The maximum absolute atomic E-state index is 12.8. The lowest BCUT2D eigenvalue weighted by molar-refractivity contribution is -0.169. The Morgan fingerprint density at radius 1 is 1.06 bits per heavy atom. The van der Waals surface area contributed by atoms with E-state index in [0.29, 0.717) is 22.8 Å². The largest absolute Gasteiger partial charge is 0.335 e. The van der Waals surface area contributed by atoms with Crippen molar-refractivity contribution in [2.45, 2.75) is 112 Å². The standard InChI is InChI=1S/C30H51NO/c1-8-18-31-26-19-22(5)28-24-13-12-23(21(4)11-9-10-20(2)3)29(24,6)16-14-25(28)30(26,7)17-15-27(31)32/h8,20-26,28H,1,9-19H2,2-7H3/t21?,22-,23?,24?,25?,26?,28?,29+,30+/m0/s1. The number of rotatable bonds is 7. The number of hydrogen-bond acceptors (Lipinski definition) is 1. The van der Waals surface area contributed by atoms with E-state index in [0.717, 1.165) is 60.8 Å². The highest BCUT2D eigenvalue weighted by Gasteiger charge is 2.63. The molecule has 0 N–H and O–H groups in total. The molecule has 182 valence electrons. The van der Waals surface area contributed by atoms with E-state index in [9.17, 15) is 4.79 Å². The summed E-state index contributed by atoms with van der Waals surface area (Å²) in [5, 5.41) is 0. The van der Waals surface area contributed by atoms with Crippen molar-refractivity contribution in [1.29, 1.82) is 0 Å². The fourth-order valence-corrected chi connectivity index (χ4v) is 9.70. The maximum atomic E-state index is 12.8. The number of amides is 1. The monoisotopic (exact) mass is 441 g/mol. The van der Waals surface area contributed by atoms with Crippen molar-refractivity contribution in [3.05, 3.63) is 12.7 Å². The average molecular weight is 442 g/mol. The van der Waals surface area contributed by atoms with Gasteiger partial charge in [0.1, 0.15) is 0 Å². The number of piperidine rings is 1. The molecule has 1 amide bonds. The van der Waals surface area contributed by atoms with Gasteiger partial charge in [-0.05, 0) is 90.8 Å². The average Bonchev–Trinajstić information content (AvgIpc) is 3.09. The molecule has 0 aromatic rings. The summed E-state index contributed by atoms with van der Waals surface area (Å²) in [6.45, 7) is 19.8. The second-order valence-electron chi connectivity index (χ2n) is 13.4. The molecule has 0 radical (unpaired) electrons. The van der Waals surface area contributed by atoms with E-state index in [1.54, 1.807) is 0 Å². The normalized spacial score (nSPS) is 44.7. The highest BCUT2D eigenvalue weighted by atomic mass is 16.2. The molecule has 3 aliphatic carbocycles. The summed E-state index contributed by atoms with van der Waals surface area (Å²) in [7, 11) is 0. The third-order valence-corrected chi connectivity index (χ3v) is 11.3. The number of fused-ring (bicyclic) bond motifs is 5. The van der Waals surface area contributed by atoms with Gasteiger partial charge in [-0.2, -0.15) is 0 Å². The zero-order valence-electron chi connectivity index (χ0n) is 22.0. The van der Waals surface area contributed by atoms with Crippen LogP contribution in [0.1, 0.15) is 106 Å². The summed E-state index contributed by atoms with van der Waals surface area (Å²) in [6, 6.07) is 0.425. The third-order valence-electron chi connectivity index (χ3n) is 11.3. The Balaban J connectivity index is 1.54. The Morgan fingerprint density at radius 3 is 2.47 bits per heavy atom. The van der Waals surface area contributed by atoms with E-state index in [-0.39, 0.29) is 0 Å². The number of hydrogen-bond donors (Lipinski definition) is 0. The number of likely N-dealkylation sites (tertiary alicyclic amines) is 1. The van der Waals surface area contributed by atoms with Crippen LogP contribution in [-0.2, 0) is 4.79 Å². The van der Waals surface area contributed by atoms with E-state index in [1.807, 2.05) is 6.08 Å². The third kappa shape index (κ3) is 3.90. The predicted molar refractivity (Wildman–Crippen MR) is 135 cm³/mol. The summed E-state index contributed by atoms with van der Waals surface area (Å²) in [5.41, 5.74) is 0.845. The first kappa shape index (κ1) is 24.3. The molecule has 1 aliphatic heterocycles. The van der Waals surface area contributed by atoms with E-state index in [1.165, 1.54) is 51.4 Å². The summed E-state index contributed by atoms with van der Waals surface area (Å²) >= 11 is 0. The van der Waals surface area contributed by atoms with E-state index < -0.39 is 0 Å². The Morgan fingerprint density at radius 2 is 1.78 bits per heavy atom. The molecule has 32 heavy (non-hydrogen) atoms. The molecule has 0 spiro atoms. The van der Waals surface area contributed by atoms with Crippen LogP contribution in [0, 0.1) is 52.3 Å². The second kappa shape index (κ2) is 9.10. The van der Waals surface area contributed by atoms with Gasteiger partial charge in [-0.3, -0.25) is 4.79 Å². The lowest BCUT2D eigenvalue weighted by atomic mass is 9.44. The molecule has 4 rings (SSSR count). The maximum Gasteiger partial charge on any atom is 0.223 e. The van der Waals surface area contributed by atoms with Crippen LogP contribution in [0.25, 0.3) is 0 Å². The van der Waals surface area contributed by atoms with Crippen LogP contribution < -0.4 is 0 Å². The van der Waals surface area contributed by atoms with Gasteiger partial charge < -0.3 is 4.90 Å². The zero-order chi connectivity index (χ0) is 23.3. The molecule has 1 saturated heterocycles. The van der Waals surface area contributed by atoms with Crippen LogP contribution in [0.4, 0.5) is 0 Å². The number of carbonyl (C=O) groups excluding carboxylic acids is 1. The van der Waals surface area contributed by atoms with Crippen LogP contribution in [0.5, 0.6) is 0 Å². The van der Waals surface area contributed by atoms with Crippen molar-refractivity contribution in [1.82, 2.24) is 4.90 Å². The van der Waals surface area contributed by atoms with Crippen LogP contribution in [0.15, 0.2) is 12.7 Å².